The first-order chi connectivity index (χ1) is 8.52. The molecule has 0 bridgehead atoms. The van der Waals surface area contributed by atoms with Crippen LogP contribution in [0.1, 0.15) is 5.56 Å². The molecule has 0 saturated heterocycles. The van der Waals surface area contributed by atoms with Gasteiger partial charge in [-0.3, -0.25) is 0 Å². The number of primary sulfonamides is 1. The minimum Gasteiger partial charge on any atom is -0.326 e. The summed E-state index contributed by atoms with van der Waals surface area (Å²) in [5, 5.41) is 5.20. The number of hydrogen-bond donors (Lipinski definition) is 2. The zero-order valence-electron chi connectivity index (χ0n) is 9.71. The van der Waals surface area contributed by atoms with Crippen molar-refractivity contribution in [1.29, 1.82) is 0 Å². The Hall–Kier alpha value is -1.69. The van der Waals surface area contributed by atoms with Crippen LogP contribution in [0.4, 0.5) is 0 Å². The minimum absolute atomic E-state index is 0.130. The standard InChI is InChI=1S/C13H14N2O2S/c14-9-10-5-7-11(8-6-10)12-3-1-2-4-13(12)18(15,16)17/h1-8H,9,14H2,(H2,15,16,17). The maximum absolute atomic E-state index is 11.5. The largest absolute Gasteiger partial charge is 0.326 e. The zero-order chi connectivity index (χ0) is 13.2. The number of nitrogens with two attached hydrogens (primary N) is 2. The molecule has 0 fully saturated rings. The van der Waals surface area contributed by atoms with Gasteiger partial charge in [-0.1, -0.05) is 42.5 Å². The van der Waals surface area contributed by atoms with E-state index in [9.17, 15) is 8.42 Å². The van der Waals surface area contributed by atoms with Crippen LogP contribution in [0.15, 0.2) is 53.4 Å². The van der Waals surface area contributed by atoms with Crippen molar-refractivity contribution in [1.82, 2.24) is 0 Å². The second-order valence-electron chi connectivity index (χ2n) is 3.94. The molecule has 2 aromatic carbocycles. The van der Waals surface area contributed by atoms with E-state index in [0.717, 1.165) is 11.1 Å². The number of benzene rings is 2. The fourth-order valence-corrected chi connectivity index (χ4v) is 2.53. The van der Waals surface area contributed by atoms with Crippen molar-refractivity contribution in [3.63, 3.8) is 0 Å². The van der Waals surface area contributed by atoms with Gasteiger partial charge >= 0.3 is 0 Å². The quantitative estimate of drug-likeness (QED) is 0.878. The summed E-state index contributed by atoms with van der Waals surface area (Å²) in [5.41, 5.74) is 7.92. The fourth-order valence-electron chi connectivity index (χ4n) is 1.77. The topological polar surface area (TPSA) is 86.2 Å². The molecular formula is C13H14N2O2S. The van der Waals surface area contributed by atoms with Gasteiger partial charge in [-0.2, -0.15) is 0 Å². The van der Waals surface area contributed by atoms with Gasteiger partial charge in [-0.15, -0.1) is 0 Å². The predicted molar refractivity (Wildman–Crippen MR) is 71.1 cm³/mol. The Morgan fingerprint density at radius 3 is 2.11 bits per heavy atom. The highest BCUT2D eigenvalue weighted by molar-refractivity contribution is 7.89. The van der Waals surface area contributed by atoms with Gasteiger partial charge in [0.25, 0.3) is 0 Å². The van der Waals surface area contributed by atoms with E-state index in [0.29, 0.717) is 12.1 Å². The molecule has 4 nitrogen and oxygen atoms in total. The fraction of sp³-hybridized carbons (Fsp3) is 0.0769. The number of hydrogen-bond acceptors (Lipinski definition) is 3. The lowest BCUT2D eigenvalue weighted by Crippen LogP contribution is -2.13. The van der Waals surface area contributed by atoms with E-state index in [4.69, 9.17) is 10.9 Å². The Morgan fingerprint density at radius 2 is 1.56 bits per heavy atom. The Labute approximate surface area is 106 Å². The summed E-state index contributed by atoms with van der Waals surface area (Å²) in [6.07, 6.45) is 0. The van der Waals surface area contributed by atoms with Crippen LogP contribution in [0.3, 0.4) is 0 Å². The first-order valence-electron chi connectivity index (χ1n) is 5.43. The highest BCUT2D eigenvalue weighted by atomic mass is 32.2. The van der Waals surface area contributed by atoms with E-state index >= 15 is 0 Å². The lowest BCUT2D eigenvalue weighted by molar-refractivity contribution is 0.598. The monoisotopic (exact) mass is 262 g/mol. The predicted octanol–water partition coefficient (Wildman–Crippen LogP) is 1.46. The maximum Gasteiger partial charge on any atom is 0.238 e. The van der Waals surface area contributed by atoms with Crippen LogP contribution in [-0.2, 0) is 16.6 Å². The van der Waals surface area contributed by atoms with Gasteiger partial charge in [-0.25, -0.2) is 13.6 Å². The smallest absolute Gasteiger partial charge is 0.238 e. The Bertz CT molecular complexity index is 649. The molecule has 0 aliphatic heterocycles. The molecule has 0 radical (unpaired) electrons. The summed E-state index contributed by atoms with van der Waals surface area (Å²) < 4.78 is 23.0. The van der Waals surface area contributed by atoms with Gasteiger partial charge in [0.2, 0.25) is 10.0 Å². The van der Waals surface area contributed by atoms with Crippen LogP contribution in [-0.4, -0.2) is 8.42 Å². The average Bonchev–Trinajstić information content (AvgIpc) is 2.38. The second kappa shape index (κ2) is 4.89. The third-order valence-electron chi connectivity index (χ3n) is 2.69. The van der Waals surface area contributed by atoms with Crippen molar-refractivity contribution in [3.05, 3.63) is 54.1 Å². The molecule has 94 valence electrons. The first-order valence-corrected chi connectivity index (χ1v) is 6.98. The van der Waals surface area contributed by atoms with Gasteiger partial charge in [0, 0.05) is 12.1 Å². The van der Waals surface area contributed by atoms with Gasteiger partial charge in [-0.05, 0) is 17.2 Å². The molecule has 0 aromatic heterocycles. The van der Waals surface area contributed by atoms with Crippen molar-refractivity contribution in [2.75, 3.05) is 0 Å². The van der Waals surface area contributed by atoms with Crippen molar-refractivity contribution >= 4 is 10.0 Å². The second-order valence-corrected chi connectivity index (χ2v) is 5.47. The summed E-state index contributed by atoms with van der Waals surface area (Å²) in [7, 11) is -3.72. The first kappa shape index (κ1) is 12.8. The molecule has 4 N–H and O–H groups in total. The molecule has 0 amide bonds. The summed E-state index contributed by atoms with van der Waals surface area (Å²) in [4.78, 5) is 0.130. The van der Waals surface area contributed by atoms with Crippen molar-refractivity contribution in [2.24, 2.45) is 10.9 Å². The molecule has 2 rings (SSSR count). The summed E-state index contributed by atoms with van der Waals surface area (Å²) in [6.45, 7) is 0.455. The highest BCUT2D eigenvalue weighted by Crippen LogP contribution is 2.26. The Balaban J connectivity index is 2.57. The summed E-state index contributed by atoms with van der Waals surface area (Å²) >= 11 is 0. The van der Waals surface area contributed by atoms with E-state index in [1.807, 2.05) is 24.3 Å². The van der Waals surface area contributed by atoms with Crippen LogP contribution in [0.5, 0.6) is 0 Å². The molecule has 5 heteroatoms. The molecule has 0 unspecified atom stereocenters. The highest BCUT2D eigenvalue weighted by Gasteiger charge is 2.13. The number of rotatable bonds is 3. The minimum atomic E-state index is -3.72. The van der Waals surface area contributed by atoms with Crippen molar-refractivity contribution in [2.45, 2.75) is 11.4 Å². The third-order valence-corrected chi connectivity index (χ3v) is 3.66. The van der Waals surface area contributed by atoms with Crippen LogP contribution >= 0.6 is 0 Å². The van der Waals surface area contributed by atoms with Gasteiger partial charge < -0.3 is 5.73 Å². The molecule has 0 atom stereocenters. The molecular weight excluding hydrogens is 248 g/mol. The van der Waals surface area contributed by atoms with Crippen molar-refractivity contribution < 1.29 is 8.42 Å². The SMILES string of the molecule is NCc1ccc(-c2ccccc2S(N)(=O)=O)cc1. The van der Waals surface area contributed by atoms with Crippen molar-refractivity contribution in [3.8, 4) is 11.1 Å². The lowest BCUT2D eigenvalue weighted by Gasteiger charge is -2.08. The van der Waals surface area contributed by atoms with E-state index in [2.05, 4.69) is 0 Å². The van der Waals surface area contributed by atoms with Crippen LogP contribution < -0.4 is 10.9 Å². The van der Waals surface area contributed by atoms with Crippen LogP contribution in [0.25, 0.3) is 11.1 Å². The lowest BCUT2D eigenvalue weighted by atomic mass is 10.0. The van der Waals surface area contributed by atoms with Gasteiger partial charge in [0.1, 0.15) is 0 Å². The average molecular weight is 262 g/mol. The van der Waals surface area contributed by atoms with E-state index in [1.54, 1.807) is 18.2 Å². The van der Waals surface area contributed by atoms with Gasteiger partial charge in [0.05, 0.1) is 4.90 Å². The zero-order valence-corrected chi connectivity index (χ0v) is 10.5. The van der Waals surface area contributed by atoms with E-state index in [-0.39, 0.29) is 4.90 Å². The normalized spacial score (nSPS) is 11.4. The molecule has 0 heterocycles. The molecule has 0 spiro atoms. The van der Waals surface area contributed by atoms with Crippen LogP contribution in [0, 0.1) is 0 Å². The maximum atomic E-state index is 11.5. The molecule has 18 heavy (non-hydrogen) atoms. The summed E-state index contributed by atoms with van der Waals surface area (Å²) in [6, 6.07) is 14.1. The van der Waals surface area contributed by atoms with Gasteiger partial charge in [0.15, 0.2) is 0 Å². The summed E-state index contributed by atoms with van der Waals surface area (Å²) in [5.74, 6) is 0. The third kappa shape index (κ3) is 2.59. The molecule has 0 aliphatic rings. The van der Waals surface area contributed by atoms with E-state index in [1.165, 1.54) is 6.07 Å². The Kier molecular flexibility index (Phi) is 3.47. The molecule has 0 aliphatic carbocycles. The molecule has 2 aromatic rings. The van der Waals surface area contributed by atoms with E-state index < -0.39 is 10.0 Å². The molecule has 0 saturated carbocycles. The van der Waals surface area contributed by atoms with Crippen LogP contribution in [0.2, 0.25) is 0 Å². The number of sulfonamides is 1. The Morgan fingerprint density at radius 1 is 0.944 bits per heavy atom.